The van der Waals surface area contributed by atoms with Gasteiger partial charge in [-0.2, -0.15) is 0 Å². The summed E-state index contributed by atoms with van der Waals surface area (Å²) in [4.78, 5) is 12.4. The maximum atomic E-state index is 12.4. The van der Waals surface area contributed by atoms with E-state index < -0.39 is 0 Å². The van der Waals surface area contributed by atoms with Crippen molar-refractivity contribution in [1.82, 2.24) is 0 Å². The molecule has 0 heterocycles. The summed E-state index contributed by atoms with van der Waals surface area (Å²) in [7, 11) is 0. The molecule has 0 aliphatic heterocycles. The van der Waals surface area contributed by atoms with Crippen LogP contribution in [0.5, 0.6) is 0 Å². The summed E-state index contributed by atoms with van der Waals surface area (Å²) < 4.78 is 5.72. The van der Waals surface area contributed by atoms with Gasteiger partial charge in [-0.3, -0.25) is 4.79 Å². The molecule has 2 atom stereocenters. The second kappa shape index (κ2) is 7.64. The molecule has 0 N–H and O–H groups in total. The van der Waals surface area contributed by atoms with Crippen LogP contribution in [0, 0.1) is 17.3 Å². The average molecular weight is 410 g/mol. The number of allylic oxidation sites excluding steroid dienone is 1. The number of esters is 1. The van der Waals surface area contributed by atoms with Crippen molar-refractivity contribution in [1.29, 1.82) is 0 Å². The fourth-order valence-corrected chi connectivity index (χ4v) is 3.86. The van der Waals surface area contributed by atoms with Crippen molar-refractivity contribution < 1.29 is 9.53 Å². The van der Waals surface area contributed by atoms with E-state index in [1.807, 2.05) is 62.4 Å². The average Bonchev–Trinajstić information content (AvgIpc) is 3.13. The third-order valence-electron chi connectivity index (χ3n) is 4.96. The van der Waals surface area contributed by atoms with Crippen LogP contribution < -0.4 is 0 Å². The van der Waals surface area contributed by atoms with E-state index in [1.165, 1.54) is 0 Å². The fourth-order valence-electron chi connectivity index (χ4n) is 3.34. The topological polar surface area (TPSA) is 26.3 Å². The number of carbonyl (C=O) groups excluding carboxylic acids is 1. The first-order chi connectivity index (χ1) is 12.3. The number of rotatable bonds is 5. The fraction of sp³-hybridized carbons (Fsp3) is 0.286. The number of hydrogen-bond acceptors (Lipinski definition) is 2. The summed E-state index contributed by atoms with van der Waals surface area (Å²) in [6.45, 7) is 4.23. The molecule has 136 valence electrons. The number of hydrogen-bond donors (Lipinski definition) is 0. The van der Waals surface area contributed by atoms with Gasteiger partial charge in [0, 0.05) is 10.6 Å². The first-order valence-electron chi connectivity index (χ1n) is 8.34. The zero-order chi connectivity index (χ0) is 18.9. The predicted molar refractivity (Wildman–Crippen MR) is 107 cm³/mol. The highest BCUT2D eigenvalue weighted by atomic mass is 35.5. The smallest absolute Gasteiger partial charge is 0.310 e. The van der Waals surface area contributed by atoms with Crippen molar-refractivity contribution >= 4 is 40.8 Å². The molecule has 2 aromatic carbocycles. The summed E-state index contributed by atoms with van der Waals surface area (Å²) in [6.07, 6.45) is 1.72. The molecule has 1 fully saturated rings. The van der Waals surface area contributed by atoms with Crippen LogP contribution in [0.25, 0.3) is 11.1 Å². The lowest BCUT2D eigenvalue weighted by atomic mass is 10.0. The molecule has 5 heteroatoms. The van der Waals surface area contributed by atoms with Gasteiger partial charge < -0.3 is 4.74 Å². The maximum Gasteiger partial charge on any atom is 0.310 e. The minimum absolute atomic E-state index is 0.00876. The lowest BCUT2D eigenvalue weighted by Crippen LogP contribution is -2.10. The quantitative estimate of drug-likeness (QED) is 0.517. The van der Waals surface area contributed by atoms with Crippen molar-refractivity contribution in [2.24, 2.45) is 17.3 Å². The van der Waals surface area contributed by atoms with Crippen LogP contribution in [0.15, 0.2) is 59.1 Å². The molecule has 3 rings (SSSR count). The van der Waals surface area contributed by atoms with Gasteiger partial charge in [0.1, 0.15) is 11.1 Å². The van der Waals surface area contributed by atoms with E-state index in [9.17, 15) is 4.79 Å². The summed E-state index contributed by atoms with van der Waals surface area (Å²) in [5.41, 5.74) is 2.67. The van der Waals surface area contributed by atoms with Crippen LogP contribution in [0.2, 0.25) is 5.02 Å². The van der Waals surface area contributed by atoms with Gasteiger partial charge in [0.2, 0.25) is 0 Å². The van der Waals surface area contributed by atoms with Crippen LogP contribution in [0.3, 0.4) is 0 Å². The molecule has 0 saturated heterocycles. The van der Waals surface area contributed by atoms with Crippen molar-refractivity contribution in [3.8, 4) is 11.1 Å². The highest BCUT2D eigenvalue weighted by Gasteiger charge is 2.61. The zero-order valence-corrected chi connectivity index (χ0v) is 16.8. The Kier molecular flexibility index (Phi) is 5.67. The molecule has 2 nitrogen and oxygen atoms in total. The molecular weight excluding hydrogens is 391 g/mol. The molecule has 1 saturated carbocycles. The highest BCUT2D eigenvalue weighted by Crippen LogP contribution is 2.60. The molecule has 0 spiro atoms. The Morgan fingerprint density at radius 3 is 2.58 bits per heavy atom. The van der Waals surface area contributed by atoms with Crippen molar-refractivity contribution in [2.75, 3.05) is 0 Å². The predicted octanol–water partition coefficient (Wildman–Crippen LogP) is 6.64. The number of halogens is 3. The Balaban J connectivity index is 1.68. The lowest BCUT2D eigenvalue weighted by molar-refractivity contribution is -0.147. The Morgan fingerprint density at radius 2 is 1.88 bits per heavy atom. The van der Waals surface area contributed by atoms with Gasteiger partial charge in [-0.15, -0.1) is 0 Å². The van der Waals surface area contributed by atoms with Crippen LogP contribution in [0.1, 0.15) is 19.4 Å². The normalized spacial score (nSPS) is 20.3. The van der Waals surface area contributed by atoms with Gasteiger partial charge in [-0.25, -0.2) is 0 Å². The van der Waals surface area contributed by atoms with Gasteiger partial charge >= 0.3 is 5.97 Å². The minimum atomic E-state index is -0.228. The second-order valence-electron chi connectivity index (χ2n) is 7.07. The molecule has 1 aliphatic carbocycles. The van der Waals surface area contributed by atoms with Gasteiger partial charge in [0.25, 0.3) is 0 Å². The zero-order valence-electron chi connectivity index (χ0n) is 14.5. The van der Waals surface area contributed by atoms with E-state index in [1.54, 1.807) is 6.08 Å². The number of carbonyl (C=O) groups is 1. The molecule has 0 radical (unpaired) electrons. The van der Waals surface area contributed by atoms with Crippen molar-refractivity contribution in [3.05, 3.63) is 69.7 Å². The van der Waals surface area contributed by atoms with Crippen molar-refractivity contribution in [2.45, 2.75) is 20.5 Å². The van der Waals surface area contributed by atoms with Crippen LogP contribution in [0.4, 0.5) is 0 Å². The number of benzene rings is 2. The van der Waals surface area contributed by atoms with Crippen LogP contribution in [-0.4, -0.2) is 5.97 Å². The molecule has 0 amide bonds. The third-order valence-corrected chi connectivity index (χ3v) is 5.54. The van der Waals surface area contributed by atoms with Crippen LogP contribution in [-0.2, 0) is 16.1 Å². The summed E-state index contributed by atoms with van der Waals surface area (Å²) in [5, 5.41) is 0.689. The first kappa shape index (κ1) is 19.3. The van der Waals surface area contributed by atoms with E-state index in [-0.39, 0.29) is 34.3 Å². The Bertz CT molecular complexity index is 854. The molecule has 1 aliphatic rings. The summed E-state index contributed by atoms with van der Waals surface area (Å²) in [6, 6.07) is 15.5. The largest absolute Gasteiger partial charge is 0.461 e. The van der Waals surface area contributed by atoms with Gasteiger partial charge in [-0.05, 0) is 40.7 Å². The highest BCUT2D eigenvalue weighted by molar-refractivity contribution is 6.55. The van der Waals surface area contributed by atoms with Gasteiger partial charge in [0.15, 0.2) is 0 Å². The minimum Gasteiger partial charge on any atom is -0.461 e. The Morgan fingerprint density at radius 1 is 1.15 bits per heavy atom. The molecule has 0 bridgehead atoms. The molecule has 0 aromatic heterocycles. The molecule has 2 unspecified atom stereocenters. The summed E-state index contributed by atoms with van der Waals surface area (Å²) in [5.74, 6) is -0.440. The number of ether oxygens (including phenoxy) is 1. The van der Waals surface area contributed by atoms with E-state index in [2.05, 4.69) is 0 Å². The monoisotopic (exact) mass is 408 g/mol. The van der Waals surface area contributed by atoms with E-state index >= 15 is 0 Å². The van der Waals surface area contributed by atoms with E-state index in [4.69, 9.17) is 39.5 Å². The molecular formula is C21H19Cl3O2. The second-order valence-corrected chi connectivity index (χ2v) is 8.48. The summed E-state index contributed by atoms with van der Waals surface area (Å²) >= 11 is 17.7. The maximum absolute atomic E-state index is 12.4. The van der Waals surface area contributed by atoms with E-state index in [0.717, 1.165) is 16.7 Å². The Labute approximate surface area is 168 Å². The standard InChI is InChI=1S/C21H19Cl3O2/c1-21(2)16(11-18(23)24)19(21)20(25)26-12-13-6-5-7-14(10-13)15-8-3-4-9-17(15)22/h3-11,16,19H,12H2,1-2H3. The third kappa shape index (κ3) is 4.09. The van der Waals surface area contributed by atoms with Gasteiger partial charge in [0.05, 0.1) is 5.92 Å². The van der Waals surface area contributed by atoms with Gasteiger partial charge in [-0.1, -0.05) is 85.0 Å². The van der Waals surface area contributed by atoms with Crippen LogP contribution >= 0.6 is 34.8 Å². The SMILES string of the molecule is CC1(C)C(C=C(Cl)Cl)C1C(=O)OCc1cccc(-c2ccccc2Cl)c1. The Hall–Kier alpha value is -1.48. The molecule has 2 aromatic rings. The first-order valence-corrected chi connectivity index (χ1v) is 9.47. The van der Waals surface area contributed by atoms with E-state index in [0.29, 0.717) is 5.02 Å². The molecule has 26 heavy (non-hydrogen) atoms. The van der Waals surface area contributed by atoms with Crippen molar-refractivity contribution in [3.63, 3.8) is 0 Å². The lowest BCUT2D eigenvalue weighted by Gasteiger charge is -2.09.